The summed E-state index contributed by atoms with van der Waals surface area (Å²) in [5.74, 6) is 0.424. The molecule has 1 aromatic heterocycles. The lowest BCUT2D eigenvalue weighted by Crippen LogP contribution is -2.36. The van der Waals surface area contributed by atoms with Crippen molar-refractivity contribution in [2.45, 2.75) is 45.3 Å². The summed E-state index contributed by atoms with van der Waals surface area (Å²) in [4.78, 5) is 18.3. The van der Waals surface area contributed by atoms with E-state index in [4.69, 9.17) is 9.26 Å². The molecule has 1 atom stereocenters. The molecule has 3 rings (SSSR count). The van der Waals surface area contributed by atoms with Crippen molar-refractivity contribution in [1.82, 2.24) is 15.0 Å². The minimum atomic E-state index is -0.557. The molecule has 0 aliphatic carbocycles. The predicted octanol–water partition coefficient (Wildman–Crippen LogP) is 3.95. The fourth-order valence-corrected chi connectivity index (χ4v) is 2.65. The Kier molecular flexibility index (Phi) is 4.26. The maximum absolute atomic E-state index is 13.0. The summed E-state index contributed by atoms with van der Waals surface area (Å²) >= 11 is 0. The standard InChI is InChI=1S/C17H20FN3O3/c1-17(2,3)23-16(22)21-10-4-5-13(21)15-19-14(20-24-15)11-6-8-12(18)9-7-11/h6-9,13H,4-5,10H2,1-3H3/t13-/m1/s1. The van der Waals surface area contributed by atoms with E-state index in [0.717, 1.165) is 12.8 Å². The first-order chi connectivity index (χ1) is 11.3. The largest absolute Gasteiger partial charge is 0.444 e. The number of amides is 1. The zero-order valence-corrected chi connectivity index (χ0v) is 14.0. The quantitative estimate of drug-likeness (QED) is 0.832. The Hall–Kier alpha value is -2.44. The first-order valence-electron chi connectivity index (χ1n) is 7.93. The lowest BCUT2D eigenvalue weighted by molar-refractivity contribution is 0.0199. The molecule has 0 saturated carbocycles. The smallest absolute Gasteiger partial charge is 0.410 e. The molecule has 1 saturated heterocycles. The Morgan fingerprint density at radius 3 is 2.71 bits per heavy atom. The fraction of sp³-hybridized carbons (Fsp3) is 0.471. The van der Waals surface area contributed by atoms with Gasteiger partial charge in [0, 0.05) is 12.1 Å². The van der Waals surface area contributed by atoms with E-state index in [0.29, 0.717) is 23.8 Å². The summed E-state index contributed by atoms with van der Waals surface area (Å²) in [6.07, 6.45) is 1.20. The second-order valence-electron chi connectivity index (χ2n) is 6.79. The van der Waals surface area contributed by atoms with Crippen LogP contribution in [0.3, 0.4) is 0 Å². The van der Waals surface area contributed by atoms with Gasteiger partial charge < -0.3 is 9.26 Å². The van der Waals surface area contributed by atoms with Gasteiger partial charge in [-0.05, 0) is 57.9 Å². The highest BCUT2D eigenvalue weighted by Gasteiger charge is 2.36. The first-order valence-corrected chi connectivity index (χ1v) is 7.93. The van der Waals surface area contributed by atoms with Crippen LogP contribution < -0.4 is 0 Å². The van der Waals surface area contributed by atoms with Crippen molar-refractivity contribution in [1.29, 1.82) is 0 Å². The third-order valence-electron chi connectivity index (χ3n) is 3.71. The molecule has 0 bridgehead atoms. The van der Waals surface area contributed by atoms with Gasteiger partial charge in [-0.15, -0.1) is 0 Å². The van der Waals surface area contributed by atoms with E-state index in [2.05, 4.69) is 10.1 Å². The predicted molar refractivity (Wildman–Crippen MR) is 84.6 cm³/mol. The number of nitrogens with zero attached hydrogens (tertiary/aromatic N) is 3. The van der Waals surface area contributed by atoms with Crippen molar-refractivity contribution in [3.63, 3.8) is 0 Å². The summed E-state index contributed by atoms with van der Waals surface area (Å²) in [6, 6.07) is 5.57. The fourth-order valence-electron chi connectivity index (χ4n) is 2.65. The minimum Gasteiger partial charge on any atom is -0.444 e. The zero-order chi connectivity index (χ0) is 17.3. The summed E-state index contributed by atoms with van der Waals surface area (Å²) in [5.41, 5.74) is 0.103. The van der Waals surface area contributed by atoms with Gasteiger partial charge in [-0.3, -0.25) is 4.90 Å². The number of hydrogen-bond acceptors (Lipinski definition) is 5. The van der Waals surface area contributed by atoms with E-state index in [1.54, 1.807) is 17.0 Å². The van der Waals surface area contributed by atoms with Crippen LogP contribution in [0, 0.1) is 5.82 Å². The number of hydrogen-bond donors (Lipinski definition) is 0. The number of aromatic nitrogens is 2. The Bertz CT molecular complexity index is 721. The van der Waals surface area contributed by atoms with Crippen LogP contribution in [0.2, 0.25) is 0 Å². The lowest BCUT2D eigenvalue weighted by atomic mass is 10.2. The van der Waals surface area contributed by atoms with Gasteiger partial charge in [-0.2, -0.15) is 4.98 Å². The topological polar surface area (TPSA) is 68.5 Å². The average Bonchev–Trinajstić information content (AvgIpc) is 3.15. The van der Waals surface area contributed by atoms with Crippen LogP contribution in [-0.4, -0.2) is 33.3 Å². The zero-order valence-electron chi connectivity index (χ0n) is 14.0. The number of benzene rings is 1. The Balaban J connectivity index is 1.78. The third-order valence-corrected chi connectivity index (χ3v) is 3.71. The van der Waals surface area contributed by atoms with Crippen LogP contribution in [0.1, 0.15) is 45.5 Å². The van der Waals surface area contributed by atoms with Crippen LogP contribution in [0.4, 0.5) is 9.18 Å². The summed E-state index contributed by atoms with van der Waals surface area (Å²) in [7, 11) is 0. The maximum Gasteiger partial charge on any atom is 0.410 e. The van der Waals surface area contributed by atoms with E-state index in [1.165, 1.54) is 12.1 Å². The first kappa shape index (κ1) is 16.4. The van der Waals surface area contributed by atoms with E-state index in [9.17, 15) is 9.18 Å². The number of halogens is 1. The van der Waals surface area contributed by atoms with Gasteiger partial charge in [0.05, 0.1) is 0 Å². The Morgan fingerprint density at radius 2 is 2.04 bits per heavy atom. The number of likely N-dealkylation sites (tertiary alicyclic amines) is 1. The third kappa shape index (κ3) is 3.55. The van der Waals surface area contributed by atoms with Crippen LogP contribution in [0.15, 0.2) is 28.8 Å². The number of carbonyl (C=O) groups is 1. The van der Waals surface area contributed by atoms with Crippen LogP contribution in [0.5, 0.6) is 0 Å². The second-order valence-corrected chi connectivity index (χ2v) is 6.79. The highest BCUT2D eigenvalue weighted by atomic mass is 19.1. The van der Waals surface area contributed by atoms with Crippen LogP contribution in [-0.2, 0) is 4.74 Å². The molecule has 2 aromatic rings. The van der Waals surface area contributed by atoms with Gasteiger partial charge in [0.15, 0.2) is 0 Å². The minimum absolute atomic E-state index is 0.290. The maximum atomic E-state index is 13.0. The molecule has 0 spiro atoms. The molecular formula is C17H20FN3O3. The van der Waals surface area contributed by atoms with Crippen LogP contribution >= 0.6 is 0 Å². The van der Waals surface area contributed by atoms with Gasteiger partial charge in [0.2, 0.25) is 11.7 Å². The lowest BCUT2D eigenvalue weighted by Gasteiger charge is -2.26. The molecule has 1 aliphatic heterocycles. The van der Waals surface area contributed by atoms with Crippen molar-refractivity contribution in [3.05, 3.63) is 36.0 Å². The Labute approximate surface area is 139 Å². The monoisotopic (exact) mass is 333 g/mol. The van der Waals surface area contributed by atoms with Crippen molar-refractivity contribution < 1.29 is 18.4 Å². The molecule has 1 fully saturated rings. The summed E-state index contributed by atoms with van der Waals surface area (Å²) < 4.78 is 23.8. The van der Waals surface area contributed by atoms with Crippen molar-refractivity contribution in [3.8, 4) is 11.4 Å². The molecule has 128 valence electrons. The molecule has 1 aliphatic rings. The molecule has 7 heteroatoms. The molecule has 0 unspecified atom stereocenters. The highest BCUT2D eigenvalue weighted by Crippen LogP contribution is 2.33. The van der Waals surface area contributed by atoms with Crippen molar-refractivity contribution in [2.24, 2.45) is 0 Å². The molecule has 0 N–H and O–H groups in total. The van der Waals surface area contributed by atoms with E-state index in [-0.39, 0.29) is 18.0 Å². The average molecular weight is 333 g/mol. The van der Waals surface area contributed by atoms with Gasteiger partial charge >= 0.3 is 6.09 Å². The number of rotatable bonds is 2. The number of ether oxygens (including phenoxy) is 1. The van der Waals surface area contributed by atoms with Crippen molar-refractivity contribution >= 4 is 6.09 Å². The van der Waals surface area contributed by atoms with Gasteiger partial charge in [0.1, 0.15) is 17.5 Å². The van der Waals surface area contributed by atoms with Gasteiger partial charge in [-0.25, -0.2) is 9.18 Å². The van der Waals surface area contributed by atoms with Gasteiger partial charge in [-0.1, -0.05) is 5.16 Å². The van der Waals surface area contributed by atoms with Gasteiger partial charge in [0.25, 0.3) is 0 Å². The summed E-state index contributed by atoms with van der Waals surface area (Å²) in [5, 5.41) is 3.94. The van der Waals surface area contributed by atoms with Crippen molar-refractivity contribution in [2.75, 3.05) is 6.54 Å². The molecule has 1 aromatic carbocycles. The highest BCUT2D eigenvalue weighted by molar-refractivity contribution is 5.69. The molecule has 1 amide bonds. The molecule has 6 nitrogen and oxygen atoms in total. The Morgan fingerprint density at radius 1 is 1.33 bits per heavy atom. The normalized spacial score (nSPS) is 18.0. The van der Waals surface area contributed by atoms with E-state index < -0.39 is 5.60 Å². The molecule has 0 radical (unpaired) electrons. The van der Waals surface area contributed by atoms with Crippen LogP contribution in [0.25, 0.3) is 11.4 Å². The van der Waals surface area contributed by atoms with E-state index >= 15 is 0 Å². The SMILES string of the molecule is CC(C)(C)OC(=O)N1CCC[C@@H]1c1nc(-c2ccc(F)cc2)no1. The molecule has 2 heterocycles. The summed E-state index contributed by atoms with van der Waals surface area (Å²) in [6.45, 7) is 6.08. The number of carbonyl (C=O) groups excluding carboxylic acids is 1. The second kappa shape index (κ2) is 6.22. The molecule has 24 heavy (non-hydrogen) atoms. The van der Waals surface area contributed by atoms with E-state index in [1.807, 2.05) is 20.8 Å². The molecular weight excluding hydrogens is 313 g/mol.